The first-order valence-electron chi connectivity index (χ1n) is 4.74. The first-order valence-corrected chi connectivity index (χ1v) is 5.65. The Labute approximate surface area is 97.6 Å². The van der Waals surface area contributed by atoms with E-state index in [4.69, 9.17) is 5.11 Å². The van der Waals surface area contributed by atoms with Crippen LogP contribution in [0.4, 0.5) is 0 Å². The summed E-state index contributed by atoms with van der Waals surface area (Å²) in [6.45, 7) is 2.34. The molecule has 1 aromatic carbocycles. The maximum atomic E-state index is 11.2. The number of rotatable bonds is 4. The van der Waals surface area contributed by atoms with Crippen LogP contribution in [-0.4, -0.2) is 15.8 Å². The van der Waals surface area contributed by atoms with Crippen molar-refractivity contribution in [2.45, 2.75) is 24.9 Å². The van der Waals surface area contributed by atoms with Crippen LogP contribution in [-0.2, 0) is 17.9 Å². The van der Waals surface area contributed by atoms with Gasteiger partial charge in [-0.15, -0.1) is 0 Å². The number of benzene rings is 1. The van der Waals surface area contributed by atoms with Crippen LogP contribution in [0.25, 0.3) is 0 Å². The van der Waals surface area contributed by atoms with E-state index in [0.717, 1.165) is 11.1 Å². The maximum Gasteiger partial charge on any atom is 0.233 e. The Kier molecular flexibility index (Phi) is 4.78. The number of aliphatic hydroxyl groups is 1. The smallest absolute Gasteiger partial charge is 0.233 e. The van der Waals surface area contributed by atoms with Crippen LogP contribution in [0.1, 0.15) is 18.1 Å². The molecule has 3 nitrogen and oxygen atoms in total. The van der Waals surface area contributed by atoms with Gasteiger partial charge in [0.15, 0.2) is 0 Å². The number of carbonyl (C=O) groups is 1. The first kappa shape index (κ1) is 12.2. The third-order valence-electron chi connectivity index (χ3n) is 2.03. The zero-order valence-corrected chi connectivity index (χ0v) is 10.1. The summed E-state index contributed by atoms with van der Waals surface area (Å²) in [4.78, 5) is 11.1. The van der Waals surface area contributed by atoms with Crippen molar-refractivity contribution in [3.05, 3.63) is 35.4 Å². The van der Waals surface area contributed by atoms with Gasteiger partial charge >= 0.3 is 0 Å². The second kappa shape index (κ2) is 5.88. The number of amides is 1. The monoisotopic (exact) mass is 271 g/mol. The molecule has 0 fully saturated rings. The van der Waals surface area contributed by atoms with Gasteiger partial charge < -0.3 is 10.4 Å². The van der Waals surface area contributed by atoms with Gasteiger partial charge in [0, 0.05) is 6.54 Å². The van der Waals surface area contributed by atoms with Crippen molar-refractivity contribution < 1.29 is 9.90 Å². The van der Waals surface area contributed by atoms with E-state index < -0.39 is 0 Å². The van der Waals surface area contributed by atoms with Crippen LogP contribution in [0.3, 0.4) is 0 Å². The van der Waals surface area contributed by atoms with E-state index in [-0.39, 0.29) is 17.3 Å². The van der Waals surface area contributed by atoms with E-state index >= 15 is 0 Å². The van der Waals surface area contributed by atoms with Gasteiger partial charge in [0.05, 0.1) is 11.4 Å². The van der Waals surface area contributed by atoms with E-state index in [1.165, 1.54) is 0 Å². The fourth-order valence-electron chi connectivity index (χ4n) is 1.09. The van der Waals surface area contributed by atoms with E-state index in [2.05, 4.69) is 21.2 Å². The lowest BCUT2D eigenvalue weighted by Crippen LogP contribution is -2.28. The Morgan fingerprint density at radius 2 is 1.93 bits per heavy atom. The van der Waals surface area contributed by atoms with Gasteiger partial charge in [0.1, 0.15) is 0 Å². The Morgan fingerprint density at radius 3 is 2.40 bits per heavy atom. The minimum Gasteiger partial charge on any atom is -0.392 e. The summed E-state index contributed by atoms with van der Waals surface area (Å²) in [7, 11) is 0. The molecule has 0 aliphatic heterocycles. The van der Waals surface area contributed by atoms with E-state index in [0.29, 0.717) is 6.54 Å². The molecule has 0 bridgehead atoms. The van der Waals surface area contributed by atoms with Gasteiger partial charge in [-0.1, -0.05) is 40.2 Å². The SMILES string of the molecule is CC(Br)C(=O)NCc1ccc(CO)cc1. The third-order valence-corrected chi connectivity index (χ3v) is 2.45. The van der Waals surface area contributed by atoms with Gasteiger partial charge in [-0.05, 0) is 18.1 Å². The molecule has 0 saturated carbocycles. The molecular weight excluding hydrogens is 258 g/mol. The first-order chi connectivity index (χ1) is 7.13. The topological polar surface area (TPSA) is 49.3 Å². The number of alkyl halides is 1. The highest BCUT2D eigenvalue weighted by Crippen LogP contribution is 2.04. The minimum atomic E-state index is -0.172. The highest BCUT2D eigenvalue weighted by Gasteiger charge is 2.06. The number of nitrogens with one attached hydrogen (secondary N) is 1. The Hall–Kier alpha value is -0.870. The van der Waals surface area contributed by atoms with Crippen molar-refractivity contribution in [1.29, 1.82) is 0 Å². The molecule has 1 unspecified atom stereocenters. The normalized spacial score (nSPS) is 12.2. The number of aliphatic hydroxyl groups excluding tert-OH is 1. The lowest BCUT2D eigenvalue weighted by molar-refractivity contribution is -0.120. The highest BCUT2D eigenvalue weighted by molar-refractivity contribution is 9.10. The lowest BCUT2D eigenvalue weighted by atomic mass is 10.1. The minimum absolute atomic E-state index is 0.0266. The van der Waals surface area contributed by atoms with Crippen molar-refractivity contribution in [3.63, 3.8) is 0 Å². The fourth-order valence-corrected chi connectivity index (χ4v) is 1.25. The summed E-state index contributed by atoms with van der Waals surface area (Å²) >= 11 is 3.19. The molecule has 1 amide bonds. The molecule has 1 atom stereocenters. The molecule has 0 aliphatic rings. The molecule has 15 heavy (non-hydrogen) atoms. The number of hydrogen-bond donors (Lipinski definition) is 2. The average Bonchev–Trinajstić information content (AvgIpc) is 2.26. The zero-order chi connectivity index (χ0) is 11.3. The molecule has 0 aromatic heterocycles. The van der Waals surface area contributed by atoms with Gasteiger partial charge in [-0.25, -0.2) is 0 Å². The van der Waals surface area contributed by atoms with Crippen LogP contribution in [0.5, 0.6) is 0 Å². The standard InChI is InChI=1S/C11H14BrNO2/c1-8(12)11(15)13-6-9-2-4-10(7-14)5-3-9/h2-5,8,14H,6-7H2,1H3,(H,13,15). The molecule has 1 rings (SSSR count). The summed E-state index contributed by atoms with van der Waals surface area (Å²) in [5, 5.41) is 11.6. The molecule has 82 valence electrons. The second-order valence-corrected chi connectivity index (χ2v) is 4.68. The molecule has 0 heterocycles. The summed E-state index contributed by atoms with van der Waals surface area (Å²) in [6, 6.07) is 7.48. The van der Waals surface area contributed by atoms with E-state index in [1.807, 2.05) is 24.3 Å². The summed E-state index contributed by atoms with van der Waals surface area (Å²) in [6.07, 6.45) is 0. The number of halogens is 1. The predicted octanol–water partition coefficient (Wildman–Crippen LogP) is 1.58. The average molecular weight is 272 g/mol. The van der Waals surface area contributed by atoms with Crippen LogP contribution in [0, 0.1) is 0 Å². The van der Waals surface area contributed by atoms with Crippen molar-refractivity contribution in [2.75, 3.05) is 0 Å². The molecule has 0 aliphatic carbocycles. The van der Waals surface area contributed by atoms with Gasteiger partial charge in [0.25, 0.3) is 0 Å². The predicted molar refractivity (Wildman–Crippen MR) is 62.6 cm³/mol. The Bertz CT molecular complexity index is 322. The largest absolute Gasteiger partial charge is 0.392 e. The Balaban J connectivity index is 2.47. The van der Waals surface area contributed by atoms with Gasteiger partial charge in [-0.3, -0.25) is 4.79 Å². The van der Waals surface area contributed by atoms with Crippen LogP contribution >= 0.6 is 15.9 Å². The number of carbonyl (C=O) groups excluding carboxylic acids is 1. The van der Waals surface area contributed by atoms with Crippen LogP contribution < -0.4 is 5.32 Å². The van der Waals surface area contributed by atoms with Crippen molar-refractivity contribution >= 4 is 21.8 Å². The second-order valence-electron chi connectivity index (χ2n) is 3.31. The highest BCUT2D eigenvalue weighted by atomic mass is 79.9. The van der Waals surface area contributed by atoms with Gasteiger partial charge in [-0.2, -0.15) is 0 Å². The number of hydrogen-bond acceptors (Lipinski definition) is 2. The van der Waals surface area contributed by atoms with Crippen molar-refractivity contribution in [3.8, 4) is 0 Å². The summed E-state index contributed by atoms with van der Waals surface area (Å²) in [5.41, 5.74) is 1.90. The van der Waals surface area contributed by atoms with E-state index in [1.54, 1.807) is 6.92 Å². The van der Waals surface area contributed by atoms with Crippen molar-refractivity contribution in [1.82, 2.24) is 5.32 Å². The third kappa shape index (κ3) is 4.01. The quantitative estimate of drug-likeness (QED) is 0.817. The summed E-state index contributed by atoms with van der Waals surface area (Å²) < 4.78 is 0. The molecule has 4 heteroatoms. The lowest BCUT2D eigenvalue weighted by Gasteiger charge is -2.07. The Morgan fingerprint density at radius 1 is 1.40 bits per heavy atom. The molecule has 0 spiro atoms. The van der Waals surface area contributed by atoms with Crippen LogP contribution in [0.2, 0.25) is 0 Å². The maximum absolute atomic E-state index is 11.2. The molecule has 0 radical (unpaired) electrons. The molecular formula is C11H14BrNO2. The van der Waals surface area contributed by atoms with Crippen molar-refractivity contribution in [2.24, 2.45) is 0 Å². The zero-order valence-electron chi connectivity index (χ0n) is 8.53. The summed E-state index contributed by atoms with van der Waals surface area (Å²) in [5.74, 6) is -0.0266. The van der Waals surface area contributed by atoms with E-state index in [9.17, 15) is 4.79 Å². The van der Waals surface area contributed by atoms with Crippen LogP contribution in [0.15, 0.2) is 24.3 Å². The van der Waals surface area contributed by atoms with Gasteiger partial charge in [0.2, 0.25) is 5.91 Å². The molecule has 1 aromatic rings. The molecule has 0 saturated heterocycles. The fraction of sp³-hybridized carbons (Fsp3) is 0.364. The molecule has 2 N–H and O–H groups in total.